The molecule has 1 aromatic heterocycles. The summed E-state index contributed by atoms with van der Waals surface area (Å²) in [5.41, 5.74) is 1.42. The Labute approximate surface area is 117 Å². The minimum Gasteiger partial charge on any atom is -0.390 e. The van der Waals surface area contributed by atoms with Crippen LogP contribution < -0.4 is 5.32 Å². The molecule has 0 amide bonds. The molecule has 1 aromatic rings. The molecule has 0 atom stereocenters. The Morgan fingerprint density at radius 2 is 2.42 bits per heavy atom. The topological polar surface area (TPSA) is 72.6 Å². The molecule has 0 radical (unpaired) electrons. The van der Waals surface area contributed by atoms with Gasteiger partial charge in [0.05, 0.1) is 0 Å². The normalized spacial score (nSPS) is 14.8. The highest BCUT2D eigenvalue weighted by atomic mass is 35.5. The quantitative estimate of drug-likeness (QED) is 0.619. The zero-order valence-corrected chi connectivity index (χ0v) is 11.2. The van der Waals surface area contributed by atoms with Gasteiger partial charge in [0.25, 0.3) is 0 Å². The van der Waals surface area contributed by atoms with Gasteiger partial charge in [-0.3, -0.25) is 5.41 Å². The maximum absolute atomic E-state index is 8.88. The van der Waals surface area contributed by atoms with Crippen LogP contribution in [0.25, 0.3) is 0 Å². The summed E-state index contributed by atoms with van der Waals surface area (Å²) < 4.78 is 0. The molecule has 4 nitrogen and oxygen atoms in total. The summed E-state index contributed by atoms with van der Waals surface area (Å²) in [5.74, 6) is 0.746. The predicted molar refractivity (Wildman–Crippen MR) is 75.1 cm³/mol. The van der Waals surface area contributed by atoms with E-state index in [0.29, 0.717) is 17.1 Å². The van der Waals surface area contributed by atoms with E-state index in [-0.39, 0.29) is 5.71 Å². The first-order valence-corrected chi connectivity index (χ1v) is 6.59. The molecule has 2 rings (SSSR count). The highest BCUT2D eigenvalue weighted by molar-refractivity contribution is 6.30. The van der Waals surface area contributed by atoms with Crippen LogP contribution >= 0.6 is 11.6 Å². The fourth-order valence-electron chi connectivity index (χ4n) is 1.71. The molecule has 0 aromatic carbocycles. The molecule has 1 heterocycles. The Hall–Kier alpha value is -1.86. The number of allylic oxidation sites excluding steroid dienone is 1. The summed E-state index contributed by atoms with van der Waals surface area (Å²) in [6.45, 7) is 0.906. The molecule has 5 heteroatoms. The smallest absolute Gasteiger partial charge is 0.137 e. The van der Waals surface area contributed by atoms with Crippen LogP contribution in [0.4, 0.5) is 0 Å². The van der Waals surface area contributed by atoms with Crippen molar-refractivity contribution in [2.75, 3.05) is 6.54 Å². The second kappa shape index (κ2) is 6.35. The lowest BCUT2D eigenvalue weighted by Gasteiger charge is -2.07. The minimum atomic E-state index is -0.0387. The summed E-state index contributed by atoms with van der Waals surface area (Å²) >= 11 is 6.00. The van der Waals surface area contributed by atoms with Crippen molar-refractivity contribution in [3.05, 3.63) is 40.8 Å². The third-order valence-electron chi connectivity index (χ3n) is 3.03. The number of hydrogen-bond acceptors (Lipinski definition) is 4. The van der Waals surface area contributed by atoms with Crippen molar-refractivity contribution >= 4 is 17.3 Å². The fourth-order valence-corrected chi connectivity index (χ4v) is 1.90. The van der Waals surface area contributed by atoms with Gasteiger partial charge in [0, 0.05) is 30.9 Å². The SMILES string of the molecule is N#CC(=N)/C(=C\NCC1CC1)Cc1cccnc1Cl. The van der Waals surface area contributed by atoms with Crippen LogP contribution in [0.5, 0.6) is 0 Å². The summed E-state index contributed by atoms with van der Waals surface area (Å²) in [6.07, 6.45) is 6.35. The number of rotatable bonds is 6. The number of aromatic nitrogens is 1. The van der Waals surface area contributed by atoms with Crippen LogP contribution in [0.1, 0.15) is 18.4 Å². The van der Waals surface area contributed by atoms with Gasteiger partial charge in [-0.05, 0) is 30.4 Å². The Kier molecular flexibility index (Phi) is 4.53. The van der Waals surface area contributed by atoms with Crippen molar-refractivity contribution in [1.82, 2.24) is 10.3 Å². The number of pyridine rings is 1. The first-order chi connectivity index (χ1) is 9.20. The first-order valence-electron chi connectivity index (χ1n) is 6.21. The van der Waals surface area contributed by atoms with Gasteiger partial charge in [-0.1, -0.05) is 17.7 Å². The molecule has 98 valence electrons. The van der Waals surface area contributed by atoms with Crippen LogP contribution in [0.2, 0.25) is 5.15 Å². The van der Waals surface area contributed by atoms with Gasteiger partial charge in [-0.15, -0.1) is 0 Å². The summed E-state index contributed by atoms with van der Waals surface area (Å²) in [6, 6.07) is 5.52. The van der Waals surface area contributed by atoms with E-state index in [9.17, 15) is 0 Å². The zero-order valence-electron chi connectivity index (χ0n) is 10.5. The zero-order chi connectivity index (χ0) is 13.7. The molecule has 1 saturated carbocycles. The molecule has 1 aliphatic carbocycles. The van der Waals surface area contributed by atoms with E-state index >= 15 is 0 Å². The molecule has 19 heavy (non-hydrogen) atoms. The van der Waals surface area contributed by atoms with Crippen molar-refractivity contribution in [1.29, 1.82) is 10.7 Å². The van der Waals surface area contributed by atoms with Crippen molar-refractivity contribution in [2.24, 2.45) is 5.92 Å². The highest BCUT2D eigenvalue weighted by Crippen LogP contribution is 2.27. The molecular formula is C14H15ClN4. The average Bonchev–Trinajstić information content (AvgIpc) is 3.23. The highest BCUT2D eigenvalue weighted by Gasteiger charge is 2.20. The van der Waals surface area contributed by atoms with Crippen molar-refractivity contribution < 1.29 is 0 Å². The molecular weight excluding hydrogens is 260 g/mol. The van der Waals surface area contributed by atoms with E-state index in [0.717, 1.165) is 18.0 Å². The van der Waals surface area contributed by atoms with E-state index in [1.54, 1.807) is 18.5 Å². The van der Waals surface area contributed by atoms with Crippen LogP contribution in [-0.2, 0) is 6.42 Å². The number of nitriles is 1. The maximum Gasteiger partial charge on any atom is 0.137 e. The van der Waals surface area contributed by atoms with E-state index in [1.807, 2.05) is 12.1 Å². The predicted octanol–water partition coefficient (Wildman–Crippen LogP) is 2.70. The lowest BCUT2D eigenvalue weighted by Crippen LogP contribution is -2.13. The van der Waals surface area contributed by atoms with E-state index in [2.05, 4.69) is 10.3 Å². The lowest BCUT2D eigenvalue weighted by atomic mass is 10.0. The number of halogens is 1. The average molecular weight is 275 g/mol. The molecule has 0 saturated heterocycles. The molecule has 0 bridgehead atoms. The van der Waals surface area contributed by atoms with Gasteiger partial charge in [-0.2, -0.15) is 5.26 Å². The Morgan fingerprint density at radius 1 is 1.63 bits per heavy atom. The minimum absolute atomic E-state index is 0.0387. The van der Waals surface area contributed by atoms with Crippen LogP contribution in [0, 0.1) is 22.7 Å². The van der Waals surface area contributed by atoms with Crippen LogP contribution in [-0.4, -0.2) is 17.2 Å². The molecule has 2 N–H and O–H groups in total. The van der Waals surface area contributed by atoms with Crippen LogP contribution in [0.3, 0.4) is 0 Å². The van der Waals surface area contributed by atoms with Gasteiger partial charge < -0.3 is 5.32 Å². The molecule has 1 fully saturated rings. The standard InChI is InChI=1S/C14H15ClN4/c15-14-11(2-1-5-19-14)6-12(13(17)7-16)9-18-8-10-3-4-10/h1-2,5,9-10,17-18H,3-4,6,8H2/b12-9-,17-13?. The van der Waals surface area contributed by atoms with E-state index in [1.165, 1.54) is 12.8 Å². The van der Waals surface area contributed by atoms with E-state index in [4.69, 9.17) is 22.3 Å². The number of nitrogens with one attached hydrogen (secondary N) is 2. The van der Waals surface area contributed by atoms with Crippen LogP contribution in [0.15, 0.2) is 30.1 Å². The van der Waals surface area contributed by atoms with Crippen molar-refractivity contribution in [3.8, 4) is 6.07 Å². The van der Waals surface area contributed by atoms with Gasteiger partial charge in [0.2, 0.25) is 0 Å². The lowest BCUT2D eigenvalue weighted by molar-refractivity contribution is 0.744. The Balaban J connectivity index is 2.06. The molecule has 0 spiro atoms. The maximum atomic E-state index is 8.88. The first kappa shape index (κ1) is 13.6. The van der Waals surface area contributed by atoms with Gasteiger partial charge in [0.1, 0.15) is 16.9 Å². The number of nitrogens with zero attached hydrogens (tertiary/aromatic N) is 2. The third-order valence-corrected chi connectivity index (χ3v) is 3.37. The van der Waals surface area contributed by atoms with Crippen molar-refractivity contribution in [3.63, 3.8) is 0 Å². The second-order valence-electron chi connectivity index (χ2n) is 4.64. The molecule has 1 aliphatic rings. The summed E-state index contributed by atoms with van der Waals surface area (Å²) in [7, 11) is 0. The molecule has 0 aliphatic heterocycles. The Bertz CT molecular complexity index is 541. The Morgan fingerprint density at radius 3 is 3.05 bits per heavy atom. The third kappa shape index (κ3) is 4.08. The second-order valence-corrected chi connectivity index (χ2v) is 5.00. The van der Waals surface area contributed by atoms with Gasteiger partial charge >= 0.3 is 0 Å². The van der Waals surface area contributed by atoms with Gasteiger partial charge in [0.15, 0.2) is 0 Å². The summed E-state index contributed by atoms with van der Waals surface area (Å²) in [4.78, 5) is 4.00. The fraction of sp³-hybridized carbons (Fsp3) is 0.357. The largest absolute Gasteiger partial charge is 0.390 e. The monoisotopic (exact) mass is 274 g/mol. The van der Waals surface area contributed by atoms with Gasteiger partial charge in [-0.25, -0.2) is 4.98 Å². The van der Waals surface area contributed by atoms with E-state index < -0.39 is 0 Å². The number of hydrogen-bond donors (Lipinski definition) is 2. The summed E-state index contributed by atoms with van der Waals surface area (Å²) in [5, 5.41) is 20.2. The van der Waals surface area contributed by atoms with Crippen molar-refractivity contribution in [2.45, 2.75) is 19.3 Å². The molecule has 0 unspecified atom stereocenters.